The molecule has 2 N–H and O–H groups in total. The van der Waals surface area contributed by atoms with Gasteiger partial charge in [-0.15, -0.1) is 0 Å². The molecular formula is C15H14N2O. The number of oxazole rings is 1. The van der Waals surface area contributed by atoms with Gasteiger partial charge in [0.05, 0.1) is 0 Å². The third-order valence-corrected chi connectivity index (χ3v) is 3.02. The normalized spacial score (nSPS) is 10.9. The summed E-state index contributed by atoms with van der Waals surface area (Å²) in [6.07, 6.45) is 0.683. The Bertz CT molecular complexity index is 640. The first-order valence-electron chi connectivity index (χ1n) is 5.98. The summed E-state index contributed by atoms with van der Waals surface area (Å²) in [4.78, 5) is 4.48. The van der Waals surface area contributed by atoms with Crippen molar-refractivity contribution in [3.8, 4) is 0 Å². The van der Waals surface area contributed by atoms with E-state index >= 15 is 0 Å². The Morgan fingerprint density at radius 3 is 2.44 bits per heavy atom. The molecule has 0 aliphatic carbocycles. The molecule has 3 heteroatoms. The summed E-state index contributed by atoms with van der Waals surface area (Å²) in [6, 6.07) is 15.9. The Morgan fingerprint density at radius 2 is 1.67 bits per heavy atom. The van der Waals surface area contributed by atoms with Crippen LogP contribution in [0.1, 0.15) is 17.0 Å². The van der Waals surface area contributed by atoms with Gasteiger partial charge in [-0.3, -0.25) is 0 Å². The lowest BCUT2D eigenvalue weighted by molar-refractivity contribution is 0.543. The van der Waals surface area contributed by atoms with Crippen molar-refractivity contribution < 1.29 is 4.42 Å². The Balaban J connectivity index is 1.96. The maximum atomic E-state index is 5.73. The summed E-state index contributed by atoms with van der Waals surface area (Å²) in [5, 5.41) is 0. The second-order valence-electron chi connectivity index (χ2n) is 4.22. The number of para-hydroxylation sites is 2. The SMILES string of the molecule is NCc1ccccc1Cc1nc2ccccc2o1. The second kappa shape index (κ2) is 4.63. The Labute approximate surface area is 105 Å². The number of nitrogens with zero attached hydrogens (tertiary/aromatic N) is 1. The first-order chi connectivity index (χ1) is 8.86. The zero-order valence-corrected chi connectivity index (χ0v) is 9.97. The van der Waals surface area contributed by atoms with Gasteiger partial charge in [-0.05, 0) is 23.3 Å². The van der Waals surface area contributed by atoms with Crippen molar-refractivity contribution in [3.05, 3.63) is 65.5 Å². The second-order valence-corrected chi connectivity index (χ2v) is 4.22. The van der Waals surface area contributed by atoms with Crippen LogP contribution in [0.5, 0.6) is 0 Å². The molecule has 0 aliphatic heterocycles. The third-order valence-electron chi connectivity index (χ3n) is 3.02. The van der Waals surface area contributed by atoms with Crippen LogP contribution in [0.2, 0.25) is 0 Å². The highest BCUT2D eigenvalue weighted by Crippen LogP contribution is 2.18. The minimum absolute atomic E-state index is 0.538. The van der Waals surface area contributed by atoms with E-state index in [1.54, 1.807) is 0 Å². The smallest absolute Gasteiger partial charge is 0.199 e. The molecule has 18 heavy (non-hydrogen) atoms. The van der Waals surface area contributed by atoms with E-state index in [2.05, 4.69) is 11.1 Å². The van der Waals surface area contributed by atoms with Gasteiger partial charge < -0.3 is 10.2 Å². The zero-order chi connectivity index (χ0) is 12.4. The molecule has 1 aromatic heterocycles. The molecule has 90 valence electrons. The van der Waals surface area contributed by atoms with Gasteiger partial charge in [-0.1, -0.05) is 36.4 Å². The van der Waals surface area contributed by atoms with Gasteiger partial charge in [0.15, 0.2) is 11.5 Å². The van der Waals surface area contributed by atoms with Gasteiger partial charge >= 0.3 is 0 Å². The van der Waals surface area contributed by atoms with Crippen LogP contribution in [0.3, 0.4) is 0 Å². The molecule has 3 nitrogen and oxygen atoms in total. The van der Waals surface area contributed by atoms with E-state index < -0.39 is 0 Å². The molecule has 0 atom stereocenters. The maximum Gasteiger partial charge on any atom is 0.199 e. The molecule has 0 amide bonds. The van der Waals surface area contributed by atoms with E-state index in [-0.39, 0.29) is 0 Å². The number of rotatable bonds is 3. The van der Waals surface area contributed by atoms with E-state index in [1.807, 2.05) is 42.5 Å². The first-order valence-corrected chi connectivity index (χ1v) is 5.98. The summed E-state index contributed by atoms with van der Waals surface area (Å²) >= 11 is 0. The molecule has 0 bridgehead atoms. The lowest BCUT2D eigenvalue weighted by Gasteiger charge is -2.04. The predicted octanol–water partition coefficient (Wildman–Crippen LogP) is 2.88. The van der Waals surface area contributed by atoms with Crippen molar-refractivity contribution >= 4 is 11.1 Å². The van der Waals surface area contributed by atoms with E-state index in [4.69, 9.17) is 10.2 Å². The summed E-state index contributed by atoms with van der Waals surface area (Å²) in [6.45, 7) is 0.538. The summed E-state index contributed by atoms with van der Waals surface area (Å²) in [5.74, 6) is 0.733. The van der Waals surface area contributed by atoms with Crippen LogP contribution in [0.25, 0.3) is 11.1 Å². The fraction of sp³-hybridized carbons (Fsp3) is 0.133. The highest BCUT2D eigenvalue weighted by molar-refractivity contribution is 5.72. The number of hydrogen-bond acceptors (Lipinski definition) is 3. The Morgan fingerprint density at radius 1 is 0.944 bits per heavy atom. The van der Waals surface area contributed by atoms with Crippen LogP contribution in [0.15, 0.2) is 52.9 Å². The van der Waals surface area contributed by atoms with Gasteiger partial charge in [0.25, 0.3) is 0 Å². The predicted molar refractivity (Wildman–Crippen MR) is 71.1 cm³/mol. The Hall–Kier alpha value is -2.13. The van der Waals surface area contributed by atoms with E-state index in [9.17, 15) is 0 Å². The van der Waals surface area contributed by atoms with Crippen molar-refractivity contribution in [2.24, 2.45) is 5.73 Å². The summed E-state index contributed by atoms with van der Waals surface area (Å²) in [5.41, 5.74) is 9.77. The molecule has 3 rings (SSSR count). The molecule has 0 spiro atoms. The highest BCUT2D eigenvalue weighted by atomic mass is 16.3. The number of fused-ring (bicyclic) bond motifs is 1. The van der Waals surface area contributed by atoms with Crippen LogP contribution in [-0.4, -0.2) is 4.98 Å². The minimum atomic E-state index is 0.538. The Kier molecular flexibility index (Phi) is 2.82. The molecule has 3 aromatic rings. The molecule has 0 aliphatic rings. The number of benzene rings is 2. The average Bonchev–Trinajstić information content (AvgIpc) is 2.81. The fourth-order valence-electron chi connectivity index (χ4n) is 2.09. The largest absolute Gasteiger partial charge is 0.440 e. The minimum Gasteiger partial charge on any atom is -0.440 e. The maximum absolute atomic E-state index is 5.73. The number of nitrogens with two attached hydrogens (primary N) is 1. The van der Waals surface area contributed by atoms with Crippen LogP contribution >= 0.6 is 0 Å². The molecule has 0 unspecified atom stereocenters. The van der Waals surface area contributed by atoms with Crippen LogP contribution in [0.4, 0.5) is 0 Å². The molecule has 0 radical (unpaired) electrons. The third kappa shape index (κ3) is 2.00. The van der Waals surface area contributed by atoms with Crippen molar-refractivity contribution in [1.82, 2.24) is 4.98 Å². The van der Waals surface area contributed by atoms with Crippen molar-refractivity contribution in [2.75, 3.05) is 0 Å². The van der Waals surface area contributed by atoms with Gasteiger partial charge in [-0.25, -0.2) is 4.98 Å². The average molecular weight is 238 g/mol. The van der Waals surface area contributed by atoms with Gasteiger partial charge in [0, 0.05) is 13.0 Å². The summed E-state index contributed by atoms with van der Waals surface area (Å²) in [7, 11) is 0. The first kappa shape index (κ1) is 11.0. The van der Waals surface area contributed by atoms with Gasteiger partial charge in [-0.2, -0.15) is 0 Å². The van der Waals surface area contributed by atoms with Crippen LogP contribution in [0, 0.1) is 0 Å². The zero-order valence-electron chi connectivity index (χ0n) is 9.97. The quantitative estimate of drug-likeness (QED) is 0.763. The lowest BCUT2D eigenvalue weighted by atomic mass is 10.0. The number of aromatic nitrogens is 1. The van der Waals surface area contributed by atoms with Crippen molar-refractivity contribution in [3.63, 3.8) is 0 Å². The molecule has 0 saturated heterocycles. The fourth-order valence-corrected chi connectivity index (χ4v) is 2.09. The van der Waals surface area contributed by atoms with Gasteiger partial charge in [0.1, 0.15) is 5.52 Å². The van der Waals surface area contributed by atoms with E-state index in [0.29, 0.717) is 13.0 Å². The molecule has 2 aromatic carbocycles. The van der Waals surface area contributed by atoms with Crippen molar-refractivity contribution in [2.45, 2.75) is 13.0 Å². The standard InChI is InChI=1S/C15H14N2O/c16-10-12-6-2-1-5-11(12)9-15-17-13-7-3-4-8-14(13)18-15/h1-8H,9-10,16H2. The molecular weight excluding hydrogens is 224 g/mol. The molecule has 0 saturated carbocycles. The number of hydrogen-bond donors (Lipinski definition) is 1. The highest BCUT2D eigenvalue weighted by Gasteiger charge is 2.08. The molecule has 0 fully saturated rings. The van der Waals surface area contributed by atoms with Gasteiger partial charge in [0.2, 0.25) is 0 Å². The van der Waals surface area contributed by atoms with E-state index in [1.165, 1.54) is 5.56 Å². The van der Waals surface area contributed by atoms with E-state index in [0.717, 1.165) is 22.6 Å². The monoisotopic (exact) mass is 238 g/mol. The topological polar surface area (TPSA) is 52.0 Å². The summed E-state index contributed by atoms with van der Waals surface area (Å²) < 4.78 is 5.72. The molecule has 1 heterocycles. The lowest BCUT2D eigenvalue weighted by Crippen LogP contribution is -2.01. The van der Waals surface area contributed by atoms with Crippen LogP contribution in [-0.2, 0) is 13.0 Å². The van der Waals surface area contributed by atoms with Crippen molar-refractivity contribution in [1.29, 1.82) is 0 Å². The van der Waals surface area contributed by atoms with Crippen LogP contribution < -0.4 is 5.73 Å².